The zero-order valence-corrected chi connectivity index (χ0v) is 26.7. The molecule has 0 spiro atoms. The van der Waals surface area contributed by atoms with Gasteiger partial charge in [-0.3, -0.25) is 14.2 Å². The first-order valence-electron chi connectivity index (χ1n) is 16.0. The number of carbonyl (C=O) groups excluding carboxylic acids is 3. The Kier molecular flexibility index (Phi) is 9.64. The van der Waals surface area contributed by atoms with Crippen LogP contribution in [0.15, 0.2) is 24.3 Å². The summed E-state index contributed by atoms with van der Waals surface area (Å²) in [5.41, 5.74) is 7.17. The number of methoxy groups -OCH3 is 1. The molecule has 3 fully saturated rings. The molecule has 2 amide bonds. The highest BCUT2D eigenvalue weighted by atomic mass is 35.5. The van der Waals surface area contributed by atoms with Gasteiger partial charge in [0.2, 0.25) is 11.8 Å². The highest BCUT2D eigenvalue weighted by molar-refractivity contribution is 6.02. The first-order chi connectivity index (χ1) is 20.6. The molecular formula is C33H46ClFN4O5. The van der Waals surface area contributed by atoms with Crippen molar-refractivity contribution in [1.29, 1.82) is 0 Å². The molecular weight excluding hydrogens is 587 g/mol. The third-order valence-electron chi connectivity index (χ3n) is 10.7. The van der Waals surface area contributed by atoms with Crippen LogP contribution in [0, 0.1) is 23.7 Å². The number of nitrogens with zero attached hydrogens (tertiary/aromatic N) is 2. The highest BCUT2D eigenvalue weighted by Gasteiger charge is 2.47. The molecule has 3 atom stereocenters. The molecule has 3 N–H and O–H groups in total. The lowest BCUT2D eigenvalue weighted by atomic mass is 9.75. The van der Waals surface area contributed by atoms with E-state index in [1.807, 2.05) is 41.5 Å². The maximum Gasteiger partial charge on any atom is 0.357 e. The van der Waals surface area contributed by atoms with Crippen molar-refractivity contribution in [3.8, 4) is 0 Å². The van der Waals surface area contributed by atoms with Crippen LogP contribution in [0.2, 0.25) is 0 Å². The SMILES string of the molecule is COC1CCC([C@@H]2CCN(C(=O)C3CCC([C@H](N)CF)CC3)[C@@H]2C(=O)Nc2ccc3c(c2)cc2n3C(C)(C)OC2=O)CC1.Cl. The smallest absolute Gasteiger partial charge is 0.357 e. The number of nitrogens with one attached hydrogen (secondary N) is 1. The summed E-state index contributed by atoms with van der Waals surface area (Å²) >= 11 is 0. The molecule has 242 valence electrons. The molecule has 6 rings (SSSR count). The average Bonchev–Trinajstić information content (AvgIpc) is 3.68. The first kappa shape index (κ1) is 32.7. The van der Waals surface area contributed by atoms with Gasteiger partial charge in [-0.15, -0.1) is 12.4 Å². The van der Waals surface area contributed by atoms with Gasteiger partial charge in [0.15, 0.2) is 5.72 Å². The van der Waals surface area contributed by atoms with E-state index in [-0.39, 0.29) is 54.0 Å². The second kappa shape index (κ2) is 13.0. The summed E-state index contributed by atoms with van der Waals surface area (Å²) in [5.74, 6) is -0.111. The number of ether oxygens (including phenoxy) is 2. The van der Waals surface area contributed by atoms with E-state index in [4.69, 9.17) is 15.2 Å². The van der Waals surface area contributed by atoms with E-state index < -0.39 is 24.5 Å². The number of hydrogen-bond acceptors (Lipinski definition) is 6. The number of carbonyl (C=O) groups is 3. The molecule has 3 heterocycles. The molecule has 4 aliphatic rings. The van der Waals surface area contributed by atoms with E-state index >= 15 is 0 Å². The topological polar surface area (TPSA) is 116 Å². The number of hydrogen-bond donors (Lipinski definition) is 2. The number of nitrogens with two attached hydrogens (primary N) is 1. The van der Waals surface area contributed by atoms with Crippen LogP contribution in [0.1, 0.15) is 82.1 Å². The minimum absolute atomic E-state index is 0. The fourth-order valence-electron chi connectivity index (χ4n) is 8.36. The zero-order chi connectivity index (χ0) is 30.5. The Labute approximate surface area is 264 Å². The van der Waals surface area contributed by atoms with Crippen molar-refractivity contribution in [2.75, 3.05) is 25.6 Å². The molecule has 0 radical (unpaired) electrons. The Morgan fingerprint density at radius 2 is 1.80 bits per heavy atom. The van der Waals surface area contributed by atoms with Crippen molar-refractivity contribution in [1.82, 2.24) is 9.47 Å². The Morgan fingerprint density at radius 3 is 2.45 bits per heavy atom. The molecule has 44 heavy (non-hydrogen) atoms. The number of aromatic nitrogens is 1. The van der Waals surface area contributed by atoms with Crippen LogP contribution in [0.25, 0.3) is 10.9 Å². The number of cyclic esters (lactones) is 1. The molecule has 2 aromatic rings. The predicted octanol–water partition coefficient (Wildman–Crippen LogP) is 5.39. The molecule has 1 aromatic heterocycles. The first-order valence-corrected chi connectivity index (χ1v) is 16.0. The molecule has 0 unspecified atom stereocenters. The Hall–Kier alpha value is -2.69. The van der Waals surface area contributed by atoms with Crippen LogP contribution < -0.4 is 11.1 Å². The second-order valence-electron chi connectivity index (χ2n) is 13.6. The number of esters is 1. The van der Waals surface area contributed by atoms with Crippen LogP contribution in [0.4, 0.5) is 10.1 Å². The number of anilines is 1. The van der Waals surface area contributed by atoms with E-state index in [1.165, 1.54) is 0 Å². The van der Waals surface area contributed by atoms with Crippen molar-refractivity contribution < 1.29 is 28.2 Å². The maximum absolute atomic E-state index is 14.1. The van der Waals surface area contributed by atoms with Gasteiger partial charge >= 0.3 is 5.97 Å². The van der Waals surface area contributed by atoms with Gasteiger partial charge in [-0.25, -0.2) is 9.18 Å². The number of rotatable bonds is 7. The number of amides is 2. The van der Waals surface area contributed by atoms with E-state index in [1.54, 1.807) is 13.2 Å². The lowest BCUT2D eigenvalue weighted by molar-refractivity contribution is -0.142. The lowest BCUT2D eigenvalue weighted by Crippen LogP contribution is -2.50. The minimum Gasteiger partial charge on any atom is -0.434 e. The van der Waals surface area contributed by atoms with Gasteiger partial charge in [-0.05, 0) is 114 Å². The summed E-state index contributed by atoms with van der Waals surface area (Å²) < 4.78 is 26.2. The van der Waals surface area contributed by atoms with Gasteiger partial charge in [-0.2, -0.15) is 0 Å². The number of halogens is 2. The van der Waals surface area contributed by atoms with Crippen molar-refractivity contribution in [2.45, 2.75) is 95.5 Å². The lowest BCUT2D eigenvalue weighted by Gasteiger charge is -2.37. The largest absolute Gasteiger partial charge is 0.434 e. The summed E-state index contributed by atoms with van der Waals surface area (Å²) in [4.78, 5) is 42.4. The molecule has 1 saturated heterocycles. The van der Waals surface area contributed by atoms with Gasteiger partial charge in [0.1, 0.15) is 18.4 Å². The van der Waals surface area contributed by atoms with Crippen molar-refractivity contribution >= 4 is 46.8 Å². The van der Waals surface area contributed by atoms with Crippen molar-refractivity contribution in [3.05, 3.63) is 30.0 Å². The molecule has 1 aromatic carbocycles. The summed E-state index contributed by atoms with van der Waals surface area (Å²) in [7, 11) is 1.76. The Bertz CT molecular complexity index is 1380. The van der Waals surface area contributed by atoms with E-state index in [9.17, 15) is 18.8 Å². The third-order valence-corrected chi connectivity index (χ3v) is 10.7. The van der Waals surface area contributed by atoms with Crippen molar-refractivity contribution in [3.63, 3.8) is 0 Å². The summed E-state index contributed by atoms with van der Waals surface area (Å²) in [6.45, 7) is 3.73. The standard InChI is InChI=1S/C33H45FN4O5.ClH/c1-33(2)38-27-13-10-23(16-22(27)17-28(38)32(41)43-33)36-30(39)29-25(19-8-11-24(42-3)12-9-19)14-15-37(29)31(40)21-6-4-20(5-7-21)26(35)18-34;/h10,13,16-17,19-21,24-26,29H,4-9,11-12,14-15,18,35H2,1-3H3,(H,36,39);1H/t19?,20?,21?,24?,25-,26+,29-;/m0./s1. The fraction of sp³-hybridized carbons (Fsp3) is 0.667. The van der Waals surface area contributed by atoms with Crippen molar-refractivity contribution in [2.24, 2.45) is 29.4 Å². The van der Waals surface area contributed by atoms with Gasteiger partial charge in [0.05, 0.1) is 11.6 Å². The van der Waals surface area contributed by atoms with Crippen LogP contribution in [0.3, 0.4) is 0 Å². The fourth-order valence-corrected chi connectivity index (χ4v) is 8.36. The second-order valence-corrected chi connectivity index (χ2v) is 13.6. The minimum atomic E-state index is -0.783. The highest BCUT2D eigenvalue weighted by Crippen LogP contribution is 2.42. The Morgan fingerprint density at radius 1 is 1.09 bits per heavy atom. The number of benzene rings is 1. The van der Waals surface area contributed by atoms with Crippen LogP contribution >= 0.6 is 12.4 Å². The number of fused-ring (bicyclic) bond motifs is 3. The monoisotopic (exact) mass is 632 g/mol. The average molecular weight is 633 g/mol. The molecule has 0 bridgehead atoms. The van der Waals surface area contributed by atoms with Crippen LogP contribution in [0.5, 0.6) is 0 Å². The van der Waals surface area contributed by atoms with Crippen LogP contribution in [-0.2, 0) is 24.8 Å². The van der Waals surface area contributed by atoms with Crippen LogP contribution in [-0.4, -0.2) is 65.8 Å². The molecule has 2 aliphatic carbocycles. The summed E-state index contributed by atoms with van der Waals surface area (Å²) in [5, 5.41) is 3.98. The predicted molar refractivity (Wildman–Crippen MR) is 168 cm³/mol. The third kappa shape index (κ3) is 5.97. The molecule has 2 saturated carbocycles. The van der Waals surface area contributed by atoms with E-state index in [0.717, 1.165) is 55.8 Å². The van der Waals surface area contributed by atoms with E-state index in [0.29, 0.717) is 36.7 Å². The maximum atomic E-state index is 14.1. The number of alkyl halides is 1. The van der Waals surface area contributed by atoms with Gasteiger partial charge in [0, 0.05) is 36.7 Å². The molecule has 11 heteroatoms. The molecule has 2 aliphatic heterocycles. The van der Waals surface area contributed by atoms with Gasteiger partial charge in [0.25, 0.3) is 0 Å². The summed E-state index contributed by atoms with van der Waals surface area (Å²) in [6.07, 6.45) is 7.79. The Balaban J connectivity index is 0.00000384. The zero-order valence-electron chi connectivity index (χ0n) is 25.9. The van der Waals surface area contributed by atoms with Gasteiger partial charge < -0.3 is 25.4 Å². The summed E-state index contributed by atoms with van der Waals surface area (Å²) in [6, 6.07) is 6.42. The molecule has 9 nitrogen and oxygen atoms in total. The quantitative estimate of drug-likeness (QED) is 0.396. The van der Waals surface area contributed by atoms with Gasteiger partial charge in [-0.1, -0.05) is 0 Å². The number of likely N-dealkylation sites (tertiary alicyclic amines) is 1. The normalized spacial score (nSPS) is 30.4. The van der Waals surface area contributed by atoms with E-state index in [2.05, 4.69) is 5.32 Å².